The van der Waals surface area contributed by atoms with Gasteiger partial charge in [0.15, 0.2) is 6.61 Å². The maximum Gasteiger partial charge on any atom is 0.260 e. The standard InChI is InChI=1S/C25H33N3O5S/c1-32-24-9-5-4-8-23(24)26-16-18-27(19-17-26)25(29)20-33-21-10-12-22(13-11-21)34(30,31)28-14-6-2-3-7-15-28/h4-5,8-13H,2-3,6-7,14-20H2,1H3. The normalized spacial score (nSPS) is 17.8. The fourth-order valence-electron chi connectivity index (χ4n) is 4.46. The molecule has 2 aliphatic rings. The van der Waals surface area contributed by atoms with Crippen molar-refractivity contribution in [3.8, 4) is 11.5 Å². The summed E-state index contributed by atoms with van der Waals surface area (Å²) in [5.74, 6) is 1.23. The molecule has 0 saturated carbocycles. The van der Waals surface area contributed by atoms with E-state index in [9.17, 15) is 13.2 Å². The summed E-state index contributed by atoms with van der Waals surface area (Å²) >= 11 is 0. The second kappa shape index (κ2) is 11.1. The van der Waals surface area contributed by atoms with E-state index < -0.39 is 10.0 Å². The SMILES string of the molecule is COc1ccccc1N1CCN(C(=O)COc2ccc(S(=O)(=O)N3CCCCCC3)cc2)CC1. The van der Waals surface area contributed by atoms with Crippen LogP contribution in [0, 0.1) is 0 Å². The molecular weight excluding hydrogens is 454 g/mol. The van der Waals surface area contributed by atoms with Crippen LogP contribution in [0.2, 0.25) is 0 Å². The number of methoxy groups -OCH3 is 1. The Morgan fingerprint density at radius 2 is 1.50 bits per heavy atom. The molecule has 2 aromatic rings. The Labute approximate surface area is 202 Å². The molecule has 0 radical (unpaired) electrons. The second-order valence-corrected chi connectivity index (χ2v) is 10.6. The third kappa shape index (κ3) is 5.64. The predicted octanol–water partition coefficient (Wildman–Crippen LogP) is 2.99. The Morgan fingerprint density at radius 1 is 0.853 bits per heavy atom. The number of anilines is 1. The number of ether oxygens (including phenoxy) is 2. The van der Waals surface area contributed by atoms with E-state index in [1.807, 2.05) is 24.3 Å². The zero-order chi connectivity index (χ0) is 24.0. The molecule has 4 rings (SSSR count). The summed E-state index contributed by atoms with van der Waals surface area (Å²) in [5, 5.41) is 0. The van der Waals surface area contributed by atoms with Crippen molar-refractivity contribution in [1.29, 1.82) is 0 Å². The van der Waals surface area contributed by atoms with Gasteiger partial charge in [0.05, 0.1) is 17.7 Å². The minimum absolute atomic E-state index is 0.0765. The second-order valence-electron chi connectivity index (χ2n) is 8.62. The molecule has 0 atom stereocenters. The van der Waals surface area contributed by atoms with E-state index in [1.54, 1.807) is 40.6 Å². The Morgan fingerprint density at radius 3 is 2.15 bits per heavy atom. The number of para-hydroxylation sites is 2. The van der Waals surface area contributed by atoms with Gasteiger partial charge >= 0.3 is 0 Å². The average Bonchev–Trinajstić information content (AvgIpc) is 3.18. The molecule has 8 nitrogen and oxygen atoms in total. The molecule has 2 heterocycles. The average molecular weight is 488 g/mol. The minimum atomic E-state index is -3.49. The molecule has 2 aromatic carbocycles. The summed E-state index contributed by atoms with van der Waals surface area (Å²) in [6.45, 7) is 3.70. The Hall–Kier alpha value is -2.78. The smallest absolute Gasteiger partial charge is 0.260 e. The molecule has 34 heavy (non-hydrogen) atoms. The van der Waals surface area contributed by atoms with Crippen LogP contribution in [0.15, 0.2) is 53.4 Å². The lowest BCUT2D eigenvalue weighted by atomic mass is 10.2. The Kier molecular flexibility index (Phi) is 7.95. The summed E-state index contributed by atoms with van der Waals surface area (Å²) in [5.41, 5.74) is 1.03. The number of amides is 1. The van der Waals surface area contributed by atoms with Crippen LogP contribution in [0.25, 0.3) is 0 Å². The van der Waals surface area contributed by atoms with Crippen LogP contribution in [0.1, 0.15) is 25.7 Å². The predicted molar refractivity (Wildman–Crippen MR) is 131 cm³/mol. The van der Waals surface area contributed by atoms with Crippen molar-refractivity contribution in [2.75, 3.05) is 57.9 Å². The van der Waals surface area contributed by atoms with Gasteiger partial charge in [0.1, 0.15) is 11.5 Å². The molecule has 2 aliphatic heterocycles. The van der Waals surface area contributed by atoms with Crippen LogP contribution in [-0.2, 0) is 14.8 Å². The van der Waals surface area contributed by atoms with Crippen molar-refractivity contribution >= 4 is 21.6 Å². The van der Waals surface area contributed by atoms with Gasteiger partial charge in [-0.25, -0.2) is 8.42 Å². The fourth-order valence-corrected chi connectivity index (χ4v) is 5.98. The lowest BCUT2D eigenvalue weighted by Gasteiger charge is -2.36. The molecule has 2 saturated heterocycles. The molecule has 0 spiro atoms. The summed E-state index contributed by atoms with van der Waals surface area (Å²) in [6, 6.07) is 14.2. The molecule has 0 aliphatic carbocycles. The highest BCUT2D eigenvalue weighted by Gasteiger charge is 2.26. The number of sulfonamides is 1. The van der Waals surface area contributed by atoms with Gasteiger partial charge in [-0.1, -0.05) is 25.0 Å². The summed E-state index contributed by atoms with van der Waals surface area (Å²) in [6.07, 6.45) is 3.94. The minimum Gasteiger partial charge on any atom is -0.495 e. The van der Waals surface area contributed by atoms with E-state index >= 15 is 0 Å². The topological polar surface area (TPSA) is 79.4 Å². The van der Waals surface area contributed by atoms with E-state index in [2.05, 4.69) is 4.90 Å². The maximum absolute atomic E-state index is 12.9. The molecule has 0 N–H and O–H groups in total. The highest BCUT2D eigenvalue weighted by molar-refractivity contribution is 7.89. The number of carbonyl (C=O) groups is 1. The van der Waals surface area contributed by atoms with Crippen LogP contribution in [0.3, 0.4) is 0 Å². The molecule has 0 bridgehead atoms. The van der Waals surface area contributed by atoms with Crippen molar-refractivity contribution in [1.82, 2.24) is 9.21 Å². The van der Waals surface area contributed by atoms with Crippen LogP contribution in [0.4, 0.5) is 5.69 Å². The first-order valence-corrected chi connectivity index (χ1v) is 13.3. The quantitative estimate of drug-likeness (QED) is 0.598. The first-order valence-electron chi connectivity index (χ1n) is 11.9. The molecule has 2 fully saturated rings. The summed E-state index contributed by atoms with van der Waals surface area (Å²) in [4.78, 5) is 16.9. The van der Waals surface area contributed by atoms with Crippen molar-refractivity contribution in [3.05, 3.63) is 48.5 Å². The van der Waals surface area contributed by atoms with Gasteiger partial charge in [-0.3, -0.25) is 4.79 Å². The van der Waals surface area contributed by atoms with Gasteiger partial charge in [0, 0.05) is 39.3 Å². The van der Waals surface area contributed by atoms with Gasteiger partial charge in [-0.15, -0.1) is 0 Å². The van der Waals surface area contributed by atoms with E-state index in [-0.39, 0.29) is 17.4 Å². The van der Waals surface area contributed by atoms with Crippen LogP contribution in [-0.4, -0.2) is 76.5 Å². The van der Waals surface area contributed by atoms with Crippen molar-refractivity contribution < 1.29 is 22.7 Å². The lowest BCUT2D eigenvalue weighted by molar-refractivity contribution is -0.133. The Balaban J connectivity index is 1.28. The van der Waals surface area contributed by atoms with Gasteiger partial charge < -0.3 is 19.3 Å². The first kappa shape index (κ1) is 24.3. The number of hydrogen-bond acceptors (Lipinski definition) is 6. The van der Waals surface area contributed by atoms with Crippen LogP contribution >= 0.6 is 0 Å². The maximum atomic E-state index is 12.9. The van der Waals surface area contributed by atoms with Gasteiger partial charge in [-0.05, 0) is 49.2 Å². The Bertz CT molecular complexity index is 1060. The number of hydrogen-bond donors (Lipinski definition) is 0. The van der Waals surface area contributed by atoms with Gasteiger partial charge in [0.2, 0.25) is 10.0 Å². The summed E-state index contributed by atoms with van der Waals surface area (Å²) < 4.78 is 38.5. The zero-order valence-corrected chi connectivity index (χ0v) is 20.5. The molecule has 0 unspecified atom stereocenters. The van der Waals surface area contributed by atoms with E-state index in [1.165, 1.54) is 0 Å². The monoisotopic (exact) mass is 487 g/mol. The van der Waals surface area contributed by atoms with Gasteiger partial charge in [0.25, 0.3) is 5.91 Å². The molecule has 9 heteroatoms. The van der Waals surface area contributed by atoms with Gasteiger partial charge in [-0.2, -0.15) is 4.31 Å². The summed E-state index contributed by atoms with van der Waals surface area (Å²) in [7, 11) is -1.84. The number of nitrogens with zero attached hydrogens (tertiary/aromatic N) is 3. The van der Waals surface area contributed by atoms with Crippen molar-refractivity contribution in [3.63, 3.8) is 0 Å². The number of rotatable bonds is 7. The molecular formula is C25H33N3O5S. The zero-order valence-electron chi connectivity index (χ0n) is 19.7. The third-order valence-electron chi connectivity index (χ3n) is 6.45. The highest BCUT2D eigenvalue weighted by atomic mass is 32.2. The molecule has 1 amide bonds. The molecule has 0 aromatic heterocycles. The van der Waals surface area contributed by atoms with E-state index in [4.69, 9.17) is 9.47 Å². The van der Waals surface area contributed by atoms with E-state index in [0.29, 0.717) is 31.9 Å². The first-order chi connectivity index (χ1) is 16.5. The van der Waals surface area contributed by atoms with Crippen molar-refractivity contribution in [2.45, 2.75) is 30.6 Å². The highest BCUT2D eigenvalue weighted by Crippen LogP contribution is 2.28. The van der Waals surface area contributed by atoms with E-state index in [0.717, 1.165) is 50.2 Å². The lowest BCUT2D eigenvalue weighted by Crippen LogP contribution is -2.50. The number of piperazine rings is 1. The van der Waals surface area contributed by atoms with Crippen LogP contribution in [0.5, 0.6) is 11.5 Å². The largest absolute Gasteiger partial charge is 0.495 e. The third-order valence-corrected chi connectivity index (χ3v) is 8.36. The number of benzene rings is 2. The fraction of sp³-hybridized carbons (Fsp3) is 0.480. The van der Waals surface area contributed by atoms with Crippen molar-refractivity contribution in [2.24, 2.45) is 0 Å². The number of carbonyl (C=O) groups excluding carboxylic acids is 1. The van der Waals surface area contributed by atoms with Crippen LogP contribution < -0.4 is 14.4 Å². The molecule has 184 valence electrons.